The molecule has 1 N–H and O–H groups in total. The average Bonchev–Trinajstić information content (AvgIpc) is 3.28. The Morgan fingerprint density at radius 1 is 1.28 bits per heavy atom. The lowest BCUT2D eigenvalue weighted by Crippen LogP contribution is -2.29. The maximum Gasteiger partial charge on any atom is 0.253 e. The molecule has 3 aromatic rings. The van der Waals surface area contributed by atoms with Crippen LogP contribution in [0.4, 0.5) is 0 Å². The molecule has 1 aliphatic heterocycles. The van der Waals surface area contributed by atoms with Crippen LogP contribution in [0.5, 0.6) is 0 Å². The molecule has 0 unspecified atom stereocenters. The molecule has 128 valence electrons. The van der Waals surface area contributed by atoms with Crippen LogP contribution >= 0.6 is 0 Å². The van der Waals surface area contributed by atoms with Crippen molar-refractivity contribution in [2.45, 2.75) is 5.92 Å². The Hall–Kier alpha value is -2.73. The maximum absolute atomic E-state index is 13.0. The van der Waals surface area contributed by atoms with E-state index in [1.54, 1.807) is 19.6 Å². The number of hydrogen-bond donors (Lipinski definition) is 1. The SMILES string of the molecule is COC[C@@H]1CN(C(=O)c2ccc3nc[nH]c3c2)C[C@H]1c1ccccn1. The van der Waals surface area contributed by atoms with Gasteiger partial charge in [-0.3, -0.25) is 9.78 Å². The summed E-state index contributed by atoms with van der Waals surface area (Å²) >= 11 is 0. The fraction of sp³-hybridized carbons (Fsp3) is 0.316. The third kappa shape index (κ3) is 3.00. The van der Waals surface area contributed by atoms with Gasteiger partial charge in [-0.1, -0.05) is 6.07 Å². The van der Waals surface area contributed by atoms with E-state index in [2.05, 4.69) is 15.0 Å². The number of benzene rings is 1. The fourth-order valence-electron chi connectivity index (χ4n) is 3.60. The number of rotatable bonds is 4. The molecule has 3 heterocycles. The summed E-state index contributed by atoms with van der Waals surface area (Å²) in [5.41, 5.74) is 3.43. The topological polar surface area (TPSA) is 71.1 Å². The summed E-state index contributed by atoms with van der Waals surface area (Å²) in [6.07, 6.45) is 3.44. The summed E-state index contributed by atoms with van der Waals surface area (Å²) in [7, 11) is 1.70. The molecule has 0 saturated carbocycles. The summed E-state index contributed by atoms with van der Waals surface area (Å²) in [5, 5.41) is 0. The van der Waals surface area contributed by atoms with Crippen molar-refractivity contribution in [1.82, 2.24) is 19.9 Å². The Morgan fingerprint density at radius 3 is 3.00 bits per heavy atom. The Balaban J connectivity index is 1.58. The first-order valence-electron chi connectivity index (χ1n) is 8.38. The number of aromatic amines is 1. The van der Waals surface area contributed by atoms with E-state index in [-0.39, 0.29) is 17.7 Å². The van der Waals surface area contributed by atoms with Gasteiger partial charge in [0.05, 0.1) is 24.0 Å². The van der Waals surface area contributed by atoms with Gasteiger partial charge >= 0.3 is 0 Å². The van der Waals surface area contributed by atoms with Crippen LogP contribution in [0.25, 0.3) is 11.0 Å². The van der Waals surface area contributed by atoms with Gasteiger partial charge in [-0.25, -0.2) is 4.98 Å². The zero-order chi connectivity index (χ0) is 17.2. The number of H-pyrrole nitrogens is 1. The van der Waals surface area contributed by atoms with Crippen LogP contribution in [0.3, 0.4) is 0 Å². The first kappa shape index (κ1) is 15.8. The number of carbonyl (C=O) groups excluding carboxylic acids is 1. The number of hydrogen-bond acceptors (Lipinski definition) is 4. The number of nitrogens with one attached hydrogen (secondary N) is 1. The van der Waals surface area contributed by atoms with Gasteiger partial charge in [0.15, 0.2) is 0 Å². The third-order valence-electron chi connectivity index (χ3n) is 4.84. The fourth-order valence-corrected chi connectivity index (χ4v) is 3.60. The van der Waals surface area contributed by atoms with Crippen molar-refractivity contribution in [2.24, 2.45) is 5.92 Å². The first-order valence-corrected chi connectivity index (χ1v) is 8.38. The van der Waals surface area contributed by atoms with Crippen LogP contribution in [-0.2, 0) is 4.74 Å². The molecule has 0 radical (unpaired) electrons. The molecule has 6 heteroatoms. The Kier molecular flexibility index (Phi) is 4.19. The van der Waals surface area contributed by atoms with Crippen molar-refractivity contribution in [3.8, 4) is 0 Å². The second-order valence-corrected chi connectivity index (χ2v) is 6.42. The van der Waals surface area contributed by atoms with Gasteiger partial charge in [-0.05, 0) is 30.3 Å². The van der Waals surface area contributed by atoms with Crippen molar-refractivity contribution < 1.29 is 9.53 Å². The molecule has 1 amide bonds. The van der Waals surface area contributed by atoms with E-state index >= 15 is 0 Å². The number of nitrogens with zero attached hydrogens (tertiary/aromatic N) is 3. The number of aromatic nitrogens is 3. The number of fused-ring (bicyclic) bond motifs is 1. The van der Waals surface area contributed by atoms with Crippen molar-refractivity contribution in [3.63, 3.8) is 0 Å². The van der Waals surface area contributed by atoms with Crippen molar-refractivity contribution in [1.29, 1.82) is 0 Å². The predicted molar refractivity (Wildman–Crippen MR) is 94.3 cm³/mol. The molecule has 2 atom stereocenters. The van der Waals surface area contributed by atoms with Crippen LogP contribution in [0.2, 0.25) is 0 Å². The van der Waals surface area contributed by atoms with Crippen molar-refractivity contribution in [3.05, 3.63) is 60.2 Å². The molecule has 25 heavy (non-hydrogen) atoms. The summed E-state index contributed by atoms with van der Waals surface area (Å²) in [4.78, 5) is 26.6. The Labute approximate surface area is 145 Å². The van der Waals surface area contributed by atoms with Crippen molar-refractivity contribution in [2.75, 3.05) is 26.8 Å². The third-order valence-corrected chi connectivity index (χ3v) is 4.84. The summed E-state index contributed by atoms with van der Waals surface area (Å²) < 4.78 is 5.38. The van der Waals surface area contributed by atoms with Gasteiger partial charge in [0.1, 0.15) is 0 Å². The molecule has 1 saturated heterocycles. The van der Waals surface area contributed by atoms with Crippen LogP contribution in [-0.4, -0.2) is 52.6 Å². The van der Waals surface area contributed by atoms with E-state index in [0.29, 0.717) is 25.3 Å². The Bertz CT molecular complexity index is 877. The highest BCUT2D eigenvalue weighted by molar-refractivity contribution is 5.97. The number of carbonyl (C=O) groups is 1. The monoisotopic (exact) mass is 336 g/mol. The maximum atomic E-state index is 13.0. The van der Waals surface area contributed by atoms with Crippen molar-refractivity contribution >= 4 is 16.9 Å². The summed E-state index contributed by atoms with van der Waals surface area (Å²) in [6, 6.07) is 11.5. The van der Waals surface area contributed by atoms with Gasteiger partial charge in [-0.15, -0.1) is 0 Å². The number of pyridine rings is 1. The second-order valence-electron chi connectivity index (χ2n) is 6.42. The molecule has 0 bridgehead atoms. The van der Waals surface area contributed by atoms with Gasteiger partial charge < -0.3 is 14.6 Å². The minimum absolute atomic E-state index is 0.0380. The number of amides is 1. The molecular formula is C19H20N4O2. The van der Waals surface area contributed by atoms with Gasteiger partial charge in [0.2, 0.25) is 0 Å². The van der Waals surface area contributed by atoms with E-state index < -0.39 is 0 Å². The molecule has 1 fully saturated rings. The lowest BCUT2D eigenvalue weighted by atomic mass is 9.93. The standard InChI is InChI=1S/C19H20N4O2/c1-25-11-14-9-23(10-15(14)16-4-2-3-7-20-16)19(24)13-5-6-17-18(8-13)22-12-21-17/h2-8,12,14-15H,9-11H2,1H3,(H,21,22)/t14-,15+/m0/s1. The highest BCUT2D eigenvalue weighted by Gasteiger charge is 2.37. The van der Waals surface area contributed by atoms with E-state index in [1.807, 2.05) is 41.3 Å². The van der Waals surface area contributed by atoms with E-state index in [0.717, 1.165) is 16.7 Å². The number of imidazole rings is 1. The number of ether oxygens (including phenoxy) is 1. The second kappa shape index (κ2) is 6.64. The number of likely N-dealkylation sites (tertiary alicyclic amines) is 1. The van der Waals surface area contributed by atoms with Gasteiger partial charge in [-0.2, -0.15) is 0 Å². The molecule has 4 rings (SSSR count). The lowest BCUT2D eigenvalue weighted by molar-refractivity contribution is 0.0775. The quantitative estimate of drug-likeness (QED) is 0.794. The van der Waals surface area contributed by atoms with Crippen LogP contribution < -0.4 is 0 Å². The number of methoxy groups -OCH3 is 1. The highest BCUT2D eigenvalue weighted by atomic mass is 16.5. The van der Waals surface area contributed by atoms with E-state index in [4.69, 9.17) is 4.74 Å². The summed E-state index contributed by atoms with van der Waals surface area (Å²) in [6.45, 7) is 1.95. The molecule has 2 aromatic heterocycles. The summed E-state index contributed by atoms with van der Waals surface area (Å²) in [5.74, 6) is 0.483. The zero-order valence-corrected chi connectivity index (χ0v) is 14.1. The van der Waals surface area contributed by atoms with Crippen LogP contribution in [0, 0.1) is 5.92 Å². The normalized spacial score (nSPS) is 20.3. The highest BCUT2D eigenvalue weighted by Crippen LogP contribution is 2.32. The molecular weight excluding hydrogens is 316 g/mol. The lowest BCUT2D eigenvalue weighted by Gasteiger charge is -2.16. The van der Waals surface area contributed by atoms with E-state index in [1.165, 1.54) is 0 Å². The van der Waals surface area contributed by atoms with Gasteiger partial charge in [0.25, 0.3) is 5.91 Å². The van der Waals surface area contributed by atoms with Crippen LogP contribution in [0.1, 0.15) is 22.0 Å². The predicted octanol–water partition coefficient (Wildman–Crippen LogP) is 2.46. The molecule has 0 aliphatic carbocycles. The molecule has 1 aromatic carbocycles. The van der Waals surface area contributed by atoms with Crippen LogP contribution in [0.15, 0.2) is 48.9 Å². The van der Waals surface area contributed by atoms with Gasteiger partial charge in [0, 0.05) is 49.5 Å². The van der Waals surface area contributed by atoms with E-state index in [9.17, 15) is 4.79 Å². The first-order chi connectivity index (χ1) is 12.3. The average molecular weight is 336 g/mol. The minimum atomic E-state index is 0.0380. The molecule has 1 aliphatic rings. The molecule has 0 spiro atoms. The zero-order valence-electron chi connectivity index (χ0n) is 14.1. The Morgan fingerprint density at radius 2 is 2.20 bits per heavy atom. The largest absolute Gasteiger partial charge is 0.384 e. The molecule has 6 nitrogen and oxygen atoms in total. The smallest absolute Gasteiger partial charge is 0.253 e. The minimum Gasteiger partial charge on any atom is -0.384 e.